The van der Waals surface area contributed by atoms with Gasteiger partial charge in [0.2, 0.25) is 0 Å². The van der Waals surface area contributed by atoms with E-state index in [4.69, 9.17) is 14.7 Å². The first kappa shape index (κ1) is 35.0. The van der Waals surface area contributed by atoms with Crippen molar-refractivity contribution in [2.45, 2.75) is 0 Å². The van der Waals surface area contributed by atoms with Gasteiger partial charge >= 0.3 is 20.4 Å². The first-order valence-corrected chi connectivity index (χ1v) is 20.4. The van der Waals surface area contributed by atoms with Crippen molar-refractivity contribution in [2.75, 3.05) is 0 Å². The van der Waals surface area contributed by atoms with Gasteiger partial charge in [-0.3, -0.25) is 9.97 Å². The summed E-state index contributed by atoms with van der Waals surface area (Å²) < 4.78 is 15.7. The van der Waals surface area contributed by atoms with Gasteiger partial charge in [0.05, 0.1) is 33.4 Å². The van der Waals surface area contributed by atoms with E-state index in [1.165, 1.54) is 32.6 Å². The van der Waals surface area contributed by atoms with Crippen molar-refractivity contribution in [3.63, 3.8) is 0 Å². The standard InChI is InChI=1S/C54H30N6O.Pd/c1-3-11-33(12-4-1)59-47-17-9-7-15-39(47)43-29-49-41(31-51(43)59)37-21-19-35(27-45(37)53-55-23-25-57(49)53)61-36-20-22-38-42-32-52-44(30-50(42)58-26-24-56-54(58)46(38)28-36)40-16-8-10-18-48(40)60(52)34-13-5-2-6-14-34;/h1-26,29-32H;/q-2;+2. The number of para-hydroxylation sites is 4. The van der Waals surface area contributed by atoms with E-state index >= 15 is 0 Å². The maximum Gasteiger partial charge on any atom is 2.00 e. The third kappa shape index (κ3) is 4.85. The molecule has 8 aromatic carbocycles. The molecule has 0 aliphatic carbocycles. The number of ether oxygens (including phenoxy) is 1. The fourth-order valence-corrected chi connectivity index (χ4v) is 9.90. The largest absolute Gasteiger partial charge is 2.00 e. The van der Waals surface area contributed by atoms with E-state index in [1.807, 2.05) is 36.9 Å². The van der Waals surface area contributed by atoms with Gasteiger partial charge in [-0.15, -0.1) is 12.1 Å². The summed E-state index contributed by atoms with van der Waals surface area (Å²) >= 11 is 0. The van der Waals surface area contributed by atoms with Crippen LogP contribution in [0.15, 0.2) is 183 Å². The molecule has 0 unspecified atom stereocenters. The summed E-state index contributed by atoms with van der Waals surface area (Å²) in [6.07, 6.45) is 7.78. The van der Waals surface area contributed by atoms with Gasteiger partial charge in [-0.05, 0) is 71.4 Å². The fourth-order valence-electron chi connectivity index (χ4n) is 9.90. The Hall–Kier alpha value is -7.76. The Labute approximate surface area is 366 Å². The second kappa shape index (κ2) is 13.1. The van der Waals surface area contributed by atoms with Gasteiger partial charge < -0.3 is 22.7 Å². The van der Waals surface area contributed by atoms with Crippen molar-refractivity contribution in [1.82, 2.24) is 27.9 Å². The van der Waals surface area contributed by atoms with Crippen LogP contribution in [0.4, 0.5) is 0 Å². The van der Waals surface area contributed by atoms with Crippen LogP contribution in [0, 0.1) is 12.1 Å². The zero-order valence-electron chi connectivity index (χ0n) is 32.7. The summed E-state index contributed by atoms with van der Waals surface area (Å²) in [6, 6.07) is 63.2. The molecule has 14 rings (SSSR count). The van der Waals surface area contributed by atoms with Gasteiger partial charge in [0, 0.05) is 80.2 Å². The number of imidazole rings is 2. The maximum atomic E-state index is 6.65. The first-order chi connectivity index (χ1) is 30.2. The summed E-state index contributed by atoms with van der Waals surface area (Å²) in [6.45, 7) is 0. The molecule has 0 N–H and O–H groups in total. The van der Waals surface area contributed by atoms with Gasteiger partial charge in [0.15, 0.2) is 0 Å². The number of hydrogen-bond donors (Lipinski definition) is 0. The quantitative estimate of drug-likeness (QED) is 0.101. The van der Waals surface area contributed by atoms with E-state index in [2.05, 4.69) is 176 Å². The van der Waals surface area contributed by atoms with Gasteiger partial charge in [0.25, 0.3) is 0 Å². The molecule has 0 radical (unpaired) electrons. The van der Waals surface area contributed by atoms with Gasteiger partial charge in [-0.1, -0.05) is 119 Å². The van der Waals surface area contributed by atoms with Gasteiger partial charge in [-0.2, -0.15) is 0 Å². The van der Waals surface area contributed by atoms with E-state index < -0.39 is 0 Å². The van der Waals surface area contributed by atoms with Crippen molar-refractivity contribution in [2.24, 2.45) is 0 Å². The normalized spacial score (nSPS) is 12.1. The second-order valence-corrected chi connectivity index (χ2v) is 15.7. The minimum atomic E-state index is 0. The monoisotopic (exact) mass is 884 g/mol. The Morgan fingerprint density at radius 1 is 0.371 bits per heavy atom. The number of aromatic nitrogens is 6. The van der Waals surface area contributed by atoms with Crippen LogP contribution in [-0.4, -0.2) is 27.9 Å². The molecule has 6 aromatic heterocycles. The first-order valence-electron chi connectivity index (χ1n) is 20.4. The van der Waals surface area contributed by atoms with Crippen molar-refractivity contribution in [1.29, 1.82) is 0 Å². The second-order valence-electron chi connectivity index (χ2n) is 15.7. The topological polar surface area (TPSA) is 53.7 Å². The van der Waals surface area contributed by atoms with E-state index in [-0.39, 0.29) is 20.4 Å². The summed E-state index contributed by atoms with van der Waals surface area (Å²) in [5.41, 5.74) is 10.7. The molecule has 0 amide bonds. The molecule has 292 valence electrons. The van der Waals surface area contributed by atoms with Crippen LogP contribution in [0.25, 0.3) is 110 Å². The minimum absolute atomic E-state index is 0. The molecule has 62 heavy (non-hydrogen) atoms. The summed E-state index contributed by atoms with van der Waals surface area (Å²) in [5.74, 6) is 1.17. The molecule has 0 bridgehead atoms. The summed E-state index contributed by atoms with van der Waals surface area (Å²) in [4.78, 5) is 9.70. The van der Waals surface area contributed by atoms with Crippen LogP contribution in [-0.2, 0) is 20.4 Å². The van der Waals surface area contributed by atoms with E-state index in [0.29, 0.717) is 11.5 Å². The van der Waals surface area contributed by atoms with Crippen LogP contribution in [0.2, 0.25) is 0 Å². The Morgan fingerprint density at radius 2 is 0.774 bits per heavy atom. The van der Waals surface area contributed by atoms with Crippen LogP contribution in [0.1, 0.15) is 0 Å². The average molecular weight is 885 g/mol. The number of rotatable bonds is 4. The molecule has 8 heteroatoms. The van der Waals surface area contributed by atoms with Gasteiger partial charge in [0.1, 0.15) is 0 Å². The van der Waals surface area contributed by atoms with E-state index in [0.717, 1.165) is 77.1 Å². The molecule has 0 saturated carbocycles. The Bertz CT molecular complexity index is 3870. The number of nitrogens with zero attached hydrogens (tertiary/aromatic N) is 6. The summed E-state index contributed by atoms with van der Waals surface area (Å²) in [7, 11) is 0. The number of pyridine rings is 2. The molecular weight excluding hydrogens is 855 g/mol. The third-order valence-corrected chi connectivity index (χ3v) is 12.5. The number of hydrogen-bond acceptors (Lipinski definition) is 3. The molecule has 0 saturated heterocycles. The van der Waals surface area contributed by atoms with Gasteiger partial charge in [-0.25, -0.2) is 0 Å². The Balaban J connectivity index is 0.00000391. The van der Waals surface area contributed by atoms with E-state index in [1.54, 1.807) is 0 Å². The number of benzene rings is 8. The molecule has 0 fully saturated rings. The van der Waals surface area contributed by atoms with Crippen molar-refractivity contribution >= 4 is 98.3 Å². The molecule has 6 heterocycles. The van der Waals surface area contributed by atoms with Crippen LogP contribution < -0.4 is 4.74 Å². The van der Waals surface area contributed by atoms with Crippen molar-refractivity contribution in [3.05, 3.63) is 195 Å². The zero-order chi connectivity index (χ0) is 39.8. The predicted molar refractivity (Wildman–Crippen MR) is 247 cm³/mol. The Morgan fingerprint density at radius 3 is 1.24 bits per heavy atom. The van der Waals surface area contributed by atoms with Crippen LogP contribution >= 0.6 is 0 Å². The van der Waals surface area contributed by atoms with E-state index in [9.17, 15) is 0 Å². The minimum Gasteiger partial charge on any atom is -0.497 e. The molecule has 0 aliphatic heterocycles. The fraction of sp³-hybridized carbons (Fsp3) is 0. The summed E-state index contributed by atoms with van der Waals surface area (Å²) in [5, 5.41) is 10.9. The van der Waals surface area contributed by atoms with Crippen molar-refractivity contribution < 1.29 is 25.2 Å². The number of fused-ring (bicyclic) bond motifs is 18. The molecule has 0 aliphatic rings. The molecular formula is C54H30N6OPd. The predicted octanol–water partition coefficient (Wildman–Crippen LogP) is 13.2. The maximum absolute atomic E-state index is 6.65. The molecule has 0 spiro atoms. The van der Waals surface area contributed by atoms with Crippen molar-refractivity contribution in [3.8, 4) is 22.9 Å². The van der Waals surface area contributed by atoms with Crippen LogP contribution in [0.5, 0.6) is 11.5 Å². The van der Waals surface area contributed by atoms with Crippen LogP contribution in [0.3, 0.4) is 0 Å². The average Bonchev–Trinajstić information content (AvgIpc) is 4.13. The smallest absolute Gasteiger partial charge is 0.497 e. The molecule has 0 atom stereocenters. The molecule has 7 nitrogen and oxygen atoms in total. The Kier molecular flexibility index (Phi) is 7.41. The zero-order valence-corrected chi connectivity index (χ0v) is 34.3. The SMILES string of the molecule is [Pd+2].[c-]1c(Oc2[c-]c3c(cc2)c2cc4c(cc2n2ccnc32)c2ccccc2n4-c2ccccc2)ccc2c1c1nccn1c1cc3c4ccccc4n(-c4ccccc4)c3cc21. The third-order valence-electron chi connectivity index (χ3n) is 12.5. The molecule has 14 aromatic rings.